The average molecular weight is 629 g/mol. The number of hydrogen-bond acceptors (Lipinski definition) is 10. The van der Waals surface area contributed by atoms with E-state index in [0.29, 0.717) is 10.1 Å². The molecule has 238 valence electrons. The second-order valence-electron chi connectivity index (χ2n) is 10.9. The van der Waals surface area contributed by atoms with Crippen molar-refractivity contribution in [3.05, 3.63) is 0 Å². The first kappa shape index (κ1) is 36.1. The van der Waals surface area contributed by atoms with E-state index < -0.39 is 35.6 Å². The molecule has 2 heterocycles. The molecule has 0 bridgehead atoms. The minimum absolute atomic E-state index is 0.122. The maximum atomic E-state index is 11.8. The molecule has 0 aromatic rings. The van der Waals surface area contributed by atoms with Crippen molar-refractivity contribution in [1.82, 2.24) is 10.1 Å². The summed E-state index contributed by atoms with van der Waals surface area (Å²) in [7, 11) is 3.96. The van der Waals surface area contributed by atoms with E-state index in [0.717, 1.165) is 38.5 Å². The Morgan fingerprint density at radius 3 is 1.02 bits per heavy atom. The quantitative estimate of drug-likeness (QED) is 0.0619. The van der Waals surface area contributed by atoms with E-state index >= 15 is 0 Å². The van der Waals surface area contributed by atoms with Crippen LogP contribution < -0.4 is 0 Å². The van der Waals surface area contributed by atoms with Gasteiger partial charge in [0.2, 0.25) is 0 Å². The molecule has 0 radical (unpaired) electrons. The minimum atomic E-state index is -0.504. The van der Waals surface area contributed by atoms with E-state index in [4.69, 9.17) is 9.68 Å². The number of unbranched alkanes of at least 4 members (excludes halogenated alkanes) is 14. The topological polar surface area (TPSA) is 127 Å². The lowest BCUT2D eigenvalue weighted by Crippen LogP contribution is -2.31. The zero-order valence-corrected chi connectivity index (χ0v) is 26.6. The molecule has 2 saturated heterocycles. The third-order valence-corrected chi connectivity index (χ3v) is 9.78. The van der Waals surface area contributed by atoms with Crippen molar-refractivity contribution >= 4 is 57.2 Å². The van der Waals surface area contributed by atoms with Gasteiger partial charge >= 0.3 is 11.9 Å². The summed E-state index contributed by atoms with van der Waals surface area (Å²) in [5.74, 6) is -0.337. The van der Waals surface area contributed by atoms with Crippen LogP contribution in [0.3, 0.4) is 0 Å². The molecule has 0 spiro atoms. The Kier molecular flexibility index (Phi) is 19.3. The van der Waals surface area contributed by atoms with Crippen molar-refractivity contribution in [3.63, 3.8) is 0 Å². The monoisotopic (exact) mass is 628 g/mol. The highest BCUT2D eigenvalue weighted by Gasteiger charge is 2.33. The normalized spacial score (nSPS) is 15.2. The van der Waals surface area contributed by atoms with E-state index in [1.165, 1.54) is 75.7 Å². The van der Waals surface area contributed by atoms with Gasteiger partial charge in [-0.3, -0.25) is 19.2 Å². The molecule has 2 fully saturated rings. The van der Waals surface area contributed by atoms with Gasteiger partial charge in [-0.25, -0.2) is 9.59 Å². The molecule has 0 saturated carbocycles. The highest BCUT2D eigenvalue weighted by Crippen LogP contribution is 2.25. The fourth-order valence-corrected chi connectivity index (χ4v) is 7.00. The SMILES string of the molecule is O=C(CCCCCCCCCCSSCCCCCCCCCCC(=O)ON1C(=O)CCC1=O)ON1C(=O)CCC1=O. The Morgan fingerprint density at radius 2 is 0.714 bits per heavy atom. The summed E-state index contributed by atoms with van der Waals surface area (Å²) in [6, 6.07) is 0. The van der Waals surface area contributed by atoms with Crippen molar-refractivity contribution in [2.75, 3.05) is 11.5 Å². The second-order valence-corrected chi connectivity index (χ2v) is 13.6. The lowest BCUT2D eigenvalue weighted by Gasteiger charge is -2.12. The second kappa shape index (κ2) is 22.5. The largest absolute Gasteiger partial charge is 0.333 e. The van der Waals surface area contributed by atoms with Gasteiger partial charge in [0.15, 0.2) is 0 Å². The summed E-state index contributed by atoms with van der Waals surface area (Å²) in [6.07, 6.45) is 18.8. The van der Waals surface area contributed by atoms with Gasteiger partial charge < -0.3 is 9.68 Å². The minimum Gasteiger partial charge on any atom is -0.330 e. The Morgan fingerprint density at radius 1 is 0.452 bits per heavy atom. The predicted octanol–water partition coefficient (Wildman–Crippen LogP) is 6.60. The standard InChI is InChI=1S/C30H48N2O8S2/c33-25-19-20-26(34)31(25)39-29(37)17-13-9-5-1-3-7-11-15-23-41-42-24-16-12-8-4-2-6-10-14-18-30(38)40-32-27(35)21-22-28(32)36/h1-24H2. The molecule has 2 aliphatic heterocycles. The van der Waals surface area contributed by atoms with Crippen LogP contribution in [0.25, 0.3) is 0 Å². The first-order valence-corrected chi connectivity index (χ1v) is 18.2. The summed E-state index contributed by atoms with van der Waals surface area (Å²) in [6.45, 7) is 0. The van der Waals surface area contributed by atoms with Gasteiger partial charge in [-0.2, -0.15) is 0 Å². The molecule has 0 N–H and O–H groups in total. The van der Waals surface area contributed by atoms with Gasteiger partial charge in [0.05, 0.1) is 0 Å². The molecular formula is C30H48N2O8S2. The van der Waals surface area contributed by atoms with Gasteiger partial charge in [0.1, 0.15) is 0 Å². The molecule has 0 unspecified atom stereocenters. The van der Waals surface area contributed by atoms with Gasteiger partial charge in [-0.05, 0) is 25.7 Å². The summed E-state index contributed by atoms with van der Waals surface area (Å²) in [4.78, 5) is 79.0. The van der Waals surface area contributed by atoms with E-state index in [1.807, 2.05) is 21.6 Å². The van der Waals surface area contributed by atoms with Gasteiger partial charge in [0, 0.05) is 50.0 Å². The molecule has 10 nitrogen and oxygen atoms in total. The Hall–Kier alpha value is -2.08. The van der Waals surface area contributed by atoms with Crippen LogP contribution in [0.5, 0.6) is 0 Å². The summed E-state index contributed by atoms with van der Waals surface area (Å²) in [5.41, 5.74) is 0. The highest BCUT2D eigenvalue weighted by atomic mass is 33.1. The van der Waals surface area contributed by atoms with Crippen molar-refractivity contribution < 1.29 is 38.4 Å². The number of rotatable bonds is 25. The predicted molar refractivity (Wildman–Crippen MR) is 162 cm³/mol. The van der Waals surface area contributed by atoms with Gasteiger partial charge in [-0.15, -0.1) is 10.1 Å². The van der Waals surface area contributed by atoms with Crippen LogP contribution in [0.4, 0.5) is 0 Å². The van der Waals surface area contributed by atoms with Crippen LogP contribution >= 0.6 is 21.6 Å². The number of carbonyl (C=O) groups excluding carboxylic acids is 6. The van der Waals surface area contributed by atoms with Crippen molar-refractivity contribution in [2.24, 2.45) is 0 Å². The third kappa shape index (κ3) is 16.0. The van der Waals surface area contributed by atoms with E-state index in [9.17, 15) is 28.8 Å². The molecule has 2 rings (SSSR count). The van der Waals surface area contributed by atoms with Crippen LogP contribution in [0.1, 0.15) is 141 Å². The molecule has 0 aliphatic carbocycles. The Labute approximate surface area is 258 Å². The average Bonchev–Trinajstić information content (AvgIpc) is 3.46. The fraction of sp³-hybridized carbons (Fsp3) is 0.800. The van der Waals surface area contributed by atoms with Gasteiger partial charge in [-0.1, -0.05) is 98.6 Å². The molecule has 2 aliphatic rings. The van der Waals surface area contributed by atoms with Crippen molar-refractivity contribution in [2.45, 2.75) is 141 Å². The van der Waals surface area contributed by atoms with E-state index in [2.05, 4.69) is 0 Å². The van der Waals surface area contributed by atoms with Crippen LogP contribution in [0.15, 0.2) is 0 Å². The highest BCUT2D eigenvalue weighted by molar-refractivity contribution is 8.76. The number of hydrogen-bond donors (Lipinski definition) is 0. The number of carbonyl (C=O) groups is 6. The molecule has 4 amide bonds. The molecule has 0 aromatic carbocycles. The lowest BCUT2D eigenvalue weighted by atomic mass is 10.1. The molecule has 0 aromatic heterocycles. The fourth-order valence-electron chi connectivity index (χ4n) is 4.71. The van der Waals surface area contributed by atoms with Crippen LogP contribution in [-0.2, 0) is 38.4 Å². The maximum Gasteiger partial charge on any atom is 0.333 e. The van der Waals surface area contributed by atoms with E-state index in [1.54, 1.807) is 0 Å². The van der Waals surface area contributed by atoms with Crippen LogP contribution in [-0.4, -0.2) is 57.2 Å². The zero-order chi connectivity index (χ0) is 30.4. The van der Waals surface area contributed by atoms with Crippen LogP contribution in [0, 0.1) is 0 Å². The first-order chi connectivity index (χ1) is 20.4. The number of imide groups is 2. The number of nitrogens with zero attached hydrogens (tertiary/aromatic N) is 2. The molecule has 0 atom stereocenters. The van der Waals surface area contributed by atoms with Gasteiger partial charge in [0.25, 0.3) is 23.6 Å². The Bertz CT molecular complexity index is 783. The van der Waals surface area contributed by atoms with Crippen molar-refractivity contribution in [1.29, 1.82) is 0 Å². The summed E-state index contributed by atoms with van der Waals surface area (Å²) in [5, 5.41) is 1.24. The van der Waals surface area contributed by atoms with Crippen LogP contribution in [0.2, 0.25) is 0 Å². The first-order valence-electron chi connectivity index (χ1n) is 15.8. The van der Waals surface area contributed by atoms with E-state index in [-0.39, 0.29) is 38.5 Å². The number of hydroxylamine groups is 4. The summed E-state index contributed by atoms with van der Waals surface area (Å²) < 4.78 is 0. The Balaban J connectivity index is 1.22. The zero-order valence-electron chi connectivity index (χ0n) is 24.9. The molecular weight excluding hydrogens is 580 g/mol. The lowest BCUT2D eigenvalue weighted by molar-refractivity contribution is -0.197. The maximum absolute atomic E-state index is 11.8. The molecule has 12 heteroatoms. The molecule has 42 heavy (non-hydrogen) atoms. The number of amides is 4. The smallest absolute Gasteiger partial charge is 0.330 e. The third-order valence-electron chi connectivity index (χ3n) is 7.20. The van der Waals surface area contributed by atoms with Crippen molar-refractivity contribution in [3.8, 4) is 0 Å². The summed E-state index contributed by atoms with van der Waals surface area (Å²) >= 11 is 0.